The van der Waals surface area contributed by atoms with Gasteiger partial charge in [0.25, 0.3) is 0 Å². The molecule has 2 rings (SSSR count). The van der Waals surface area contributed by atoms with Gasteiger partial charge in [0.05, 0.1) is 23.7 Å². The molecule has 0 radical (unpaired) electrons. The molecule has 7 heteroatoms. The van der Waals surface area contributed by atoms with Crippen LogP contribution in [0.25, 0.3) is 0 Å². The number of likely N-dealkylation sites (tertiary alicyclic amines) is 1. The Kier molecular flexibility index (Phi) is 5.34. The van der Waals surface area contributed by atoms with E-state index in [0.29, 0.717) is 5.56 Å². The summed E-state index contributed by atoms with van der Waals surface area (Å²) in [5.74, 6) is -1.74. The summed E-state index contributed by atoms with van der Waals surface area (Å²) in [4.78, 5) is 25.6. The molecule has 0 aliphatic carbocycles. The lowest BCUT2D eigenvalue weighted by Gasteiger charge is -2.25. The Morgan fingerprint density at radius 1 is 1.50 bits per heavy atom. The highest BCUT2D eigenvalue weighted by atomic mass is 35.5. The summed E-state index contributed by atoms with van der Waals surface area (Å²) >= 11 is 5.67. The van der Waals surface area contributed by atoms with Crippen LogP contribution < -0.4 is 5.32 Å². The van der Waals surface area contributed by atoms with E-state index in [0.717, 1.165) is 0 Å². The second-order valence-electron chi connectivity index (χ2n) is 5.27. The molecule has 120 valence electrons. The second-order valence-corrected chi connectivity index (χ2v) is 5.67. The molecule has 0 unspecified atom stereocenters. The molecule has 1 aliphatic heterocycles. The smallest absolute Gasteiger partial charge is 0.226 e. The Labute approximate surface area is 132 Å². The minimum atomic E-state index is -0.627. The first kappa shape index (κ1) is 16.7. The van der Waals surface area contributed by atoms with Crippen molar-refractivity contribution in [1.29, 1.82) is 0 Å². The molecule has 0 saturated carbocycles. The highest BCUT2D eigenvalue weighted by molar-refractivity contribution is 6.30. The molecule has 2 amide bonds. The summed E-state index contributed by atoms with van der Waals surface area (Å²) in [6.07, 6.45) is 0.273. The molecular weight excluding hydrogens is 314 g/mol. The van der Waals surface area contributed by atoms with E-state index in [1.54, 1.807) is 13.1 Å². The third kappa shape index (κ3) is 3.38. The number of hydrogen-bond donors (Lipinski definition) is 1. The van der Waals surface area contributed by atoms with Crippen molar-refractivity contribution in [3.63, 3.8) is 0 Å². The Morgan fingerprint density at radius 2 is 2.23 bits per heavy atom. The summed E-state index contributed by atoms with van der Waals surface area (Å²) in [5.41, 5.74) is 0.515. The fraction of sp³-hybridized carbons (Fsp3) is 0.467. The number of benzene rings is 1. The molecule has 1 aromatic carbocycles. The zero-order valence-corrected chi connectivity index (χ0v) is 12.9. The van der Waals surface area contributed by atoms with Gasteiger partial charge in [-0.15, -0.1) is 0 Å². The van der Waals surface area contributed by atoms with Crippen LogP contribution in [0.4, 0.5) is 8.78 Å². The van der Waals surface area contributed by atoms with Crippen molar-refractivity contribution in [1.82, 2.24) is 10.2 Å². The summed E-state index contributed by atoms with van der Waals surface area (Å²) in [6, 6.07) is 3.70. The van der Waals surface area contributed by atoms with E-state index in [1.165, 1.54) is 17.0 Å². The van der Waals surface area contributed by atoms with E-state index in [4.69, 9.17) is 11.6 Å². The molecule has 2 atom stereocenters. The van der Waals surface area contributed by atoms with Crippen LogP contribution in [0.2, 0.25) is 5.02 Å². The van der Waals surface area contributed by atoms with Crippen LogP contribution in [0.3, 0.4) is 0 Å². The fourth-order valence-corrected chi connectivity index (χ4v) is 2.78. The largest absolute Gasteiger partial charge is 0.356 e. The van der Waals surface area contributed by atoms with E-state index in [-0.39, 0.29) is 36.2 Å². The summed E-state index contributed by atoms with van der Waals surface area (Å²) in [5, 5.41) is 2.60. The van der Waals surface area contributed by atoms with Crippen molar-refractivity contribution in [2.75, 3.05) is 20.3 Å². The zero-order valence-electron chi connectivity index (χ0n) is 12.1. The van der Waals surface area contributed by atoms with Gasteiger partial charge in [0.15, 0.2) is 0 Å². The Hall–Kier alpha value is -1.69. The summed E-state index contributed by atoms with van der Waals surface area (Å²) < 4.78 is 25.8. The number of nitrogens with zero attached hydrogens (tertiary/aromatic N) is 1. The van der Waals surface area contributed by atoms with Gasteiger partial charge in [-0.2, -0.15) is 0 Å². The average molecular weight is 331 g/mol. The van der Waals surface area contributed by atoms with E-state index < -0.39 is 24.5 Å². The van der Waals surface area contributed by atoms with Crippen LogP contribution in [0.5, 0.6) is 0 Å². The minimum Gasteiger partial charge on any atom is -0.356 e. The third-order valence-electron chi connectivity index (χ3n) is 3.82. The van der Waals surface area contributed by atoms with E-state index >= 15 is 0 Å². The number of alkyl halides is 1. The topological polar surface area (TPSA) is 49.4 Å². The second kappa shape index (κ2) is 7.05. The zero-order chi connectivity index (χ0) is 16.3. The van der Waals surface area contributed by atoms with Crippen molar-refractivity contribution < 1.29 is 18.4 Å². The van der Waals surface area contributed by atoms with Gasteiger partial charge < -0.3 is 10.2 Å². The molecule has 0 spiro atoms. The first-order valence-corrected chi connectivity index (χ1v) is 7.37. The lowest BCUT2D eigenvalue weighted by molar-refractivity contribution is -0.128. The maximum atomic E-state index is 13.7. The molecular formula is C15H17ClF2N2O2. The number of carbonyl (C=O) groups excluding carboxylic acids is 2. The molecule has 1 fully saturated rings. The van der Waals surface area contributed by atoms with Crippen LogP contribution in [0.1, 0.15) is 24.4 Å². The van der Waals surface area contributed by atoms with Gasteiger partial charge in [-0.05, 0) is 24.1 Å². The van der Waals surface area contributed by atoms with Crippen LogP contribution in [-0.2, 0) is 9.59 Å². The predicted octanol–water partition coefficient (Wildman–Crippen LogP) is 2.47. The maximum Gasteiger partial charge on any atom is 0.226 e. The molecule has 1 aliphatic rings. The van der Waals surface area contributed by atoms with E-state index in [9.17, 15) is 18.4 Å². The normalized spacial score (nSPS) is 21.3. The summed E-state index contributed by atoms with van der Waals surface area (Å²) in [7, 11) is 1.58. The molecule has 1 N–H and O–H groups in total. The number of rotatable bonds is 5. The number of hydrogen-bond acceptors (Lipinski definition) is 2. The van der Waals surface area contributed by atoms with Crippen molar-refractivity contribution in [2.45, 2.75) is 18.9 Å². The van der Waals surface area contributed by atoms with Crippen LogP contribution in [0.15, 0.2) is 18.2 Å². The average Bonchev–Trinajstić information content (AvgIpc) is 2.78. The first-order chi connectivity index (χ1) is 10.5. The Morgan fingerprint density at radius 3 is 2.86 bits per heavy atom. The first-order valence-electron chi connectivity index (χ1n) is 7.00. The van der Waals surface area contributed by atoms with Crippen molar-refractivity contribution in [2.24, 2.45) is 5.92 Å². The quantitative estimate of drug-likeness (QED) is 0.843. The van der Waals surface area contributed by atoms with Gasteiger partial charge >= 0.3 is 0 Å². The number of halogens is 3. The molecule has 1 heterocycles. The molecule has 0 aromatic heterocycles. The van der Waals surface area contributed by atoms with Crippen LogP contribution in [-0.4, -0.2) is 37.0 Å². The number of nitrogens with one attached hydrogen (secondary N) is 1. The van der Waals surface area contributed by atoms with E-state index in [2.05, 4.69) is 5.32 Å². The van der Waals surface area contributed by atoms with Gasteiger partial charge in [0.2, 0.25) is 11.8 Å². The molecule has 4 nitrogen and oxygen atoms in total. The number of carbonyl (C=O) groups is 2. The van der Waals surface area contributed by atoms with Crippen molar-refractivity contribution in [3.05, 3.63) is 34.6 Å². The SMILES string of the molecule is CN1C(=O)C[C@H](C(=O)NCCCF)[C@@H]1c1ccc(Cl)c(F)c1. The van der Waals surface area contributed by atoms with Crippen molar-refractivity contribution in [3.8, 4) is 0 Å². The van der Waals surface area contributed by atoms with Gasteiger partial charge in [-0.1, -0.05) is 17.7 Å². The van der Waals surface area contributed by atoms with E-state index in [1.807, 2.05) is 0 Å². The van der Waals surface area contributed by atoms with Gasteiger partial charge in [0, 0.05) is 20.0 Å². The molecule has 22 heavy (non-hydrogen) atoms. The maximum absolute atomic E-state index is 13.7. The highest BCUT2D eigenvalue weighted by Crippen LogP contribution is 2.38. The van der Waals surface area contributed by atoms with Crippen LogP contribution >= 0.6 is 11.6 Å². The van der Waals surface area contributed by atoms with Crippen LogP contribution in [0, 0.1) is 11.7 Å². The molecule has 0 bridgehead atoms. The third-order valence-corrected chi connectivity index (χ3v) is 4.12. The molecule has 1 saturated heterocycles. The Bertz CT molecular complexity index is 583. The molecule has 1 aromatic rings. The Balaban J connectivity index is 2.22. The highest BCUT2D eigenvalue weighted by Gasteiger charge is 2.42. The van der Waals surface area contributed by atoms with Crippen molar-refractivity contribution >= 4 is 23.4 Å². The lowest BCUT2D eigenvalue weighted by atomic mass is 9.93. The van der Waals surface area contributed by atoms with Gasteiger partial charge in [0.1, 0.15) is 5.82 Å². The number of amides is 2. The van der Waals surface area contributed by atoms with Gasteiger partial charge in [-0.3, -0.25) is 14.0 Å². The van der Waals surface area contributed by atoms with Gasteiger partial charge in [-0.25, -0.2) is 4.39 Å². The monoisotopic (exact) mass is 330 g/mol. The summed E-state index contributed by atoms with van der Waals surface area (Å²) in [6.45, 7) is -0.305. The fourth-order valence-electron chi connectivity index (χ4n) is 2.67. The standard InChI is InChI=1S/C15H17ClF2N2O2/c1-20-13(21)8-10(15(22)19-6-2-5-17)14(20)9-3-4-11(16)12(18)7-9/h3-4,7,10,14H,2,5-6,8H2,1H3,(H,19,22)/t10-,14-/m0/s1. The predicted molar refractivity (Wildman–Crippen MR) is 78.6 cm³/mol. The lowest BCUT2D eigenvalue weighted by Crippen LogP contribution is -2.35. The minimum absolute atomic E-state index is 0.0142.